The van der Waals surface area contributed by atoms with Gasteiger partial charge in [-0.15, -0.1) is 0 Å². The van der Waals surface area contributed by atoms with E-state index in [0.29, 0.717) is 6.42 Å². The summed E-state index contributed by atoms with van der Waals surface area (Å²) >= 11 is 0. The lowest BCUT2D eigenvalue weighted by Crippen LogP contribution is -1.98. The molecule has 0 unspecified atom stereocenters. The largest absolute Gasteiger partial charge is 0.300 e. The summed E-state index contributed by atoms with van der Waals surface area (Å²) in [7, 11) is 0. The molecule has 0 aromatic heterocycles. The molecule has 96 valence electrons. The highest BCUT2D eigenvalue weighted by Gasteiger charge is 2.01. The van der Waals surface area contributed by atoms with Crippen LogP contribution in [0.3, 0.4) is 0 Å². The van der Waals surface area contributed by atoms with Crippen LogP contribution in [-0.2, 0) is 11.2 Å². The summed E-state index contributed by atoms with van der Waals surface area (Å²) < 4.78 is 0. The van der Waals surface area contributed by atoms with E-state index in [9.17, 15) is 4.79 Å². The molecule has 0 atom stereocenters. The van der Waals surface area contributed by atoms with Gasteiger partial charge in [0.2, 0.25) is 0 Å². The maximum absolute atomic E-state index is 11.3. The summed E-state index contributed by atoms with van der Waals surface area (Å²) in [6.07, 6.45) is 4.68. The van der Waals surface area contributed by atoms with Crippen molar-refractivity contribution in [3.8, 4) is 0 Å². The molecular weight excluding hydrogens is 232 g/mol. The molecule has 0 N–H and O–H groups in total. The van der Waals surface area contributed by atoms with Crippen LogP contribution >= 0.6 is 0 Å². The topological polar surface area (TPSA) is 17.1 Å². The molecule has 0 saturated carbocycles. The van der Waals surface area contributed by atoms with Gasteiger partial charge in [0.25, 0.3) is 0 Å². The van der Waals surface area contributed by atoms with Crippen LogP contribution in [0.4, 0.5) is 0 Å². The molecule has 1 nitrogen and oxygen atoms in total. The lowest BCUT2D eigenvalue weighted by molar-refractivity contribution is -0.116. The number of Topliss-reactive ketones (excluding diaryl/α,β-unsaturated/α-hetero) is 1. The molecule has 0 radical (unpaired) electrons. The van der Waals surface area contributed by atoms with E-state index < -0.39 is 0 Å². The summed E-state index contributed by atoms with van der Waals surface area (Å²) in [6, 6.07) is 16.3. The Morgan fingerprint density at radius 3 is 2.21 bits per heavy atom. The van der Waals surface area contributed by atoms with Crippen molar-refractivity contribution in [2.75, 3.05) is 0 Å². The number of aryl methyl sites for hydroxylation is 1. The summed E-state index contributed by atoms with van der Waals surface area (Å²) in [5.74, 6) is 0.191. The second-order valence-electron chi connectivity index (χ2n) is 4.77. The zero-order valence-corrected chi connectivity index (χ0v) is 11.4. The standard InChI is InChI=1S/C18H18O/c1-14-7-3-4-8-16(14)11-12-17-9-5-6-10-18(17)13-15(2)19/h3-12H,13H2,1-2H3/b12-11-. The van der Waals surface area contributed by atoms with Crippen molar-refractivity contribution in [1.29, 1.82) is 0 Å². The van der Waals surface area contributed by atoms with Gasteiger partial charge < -0.3 is 0 Å². The fourth-order valence-corrected chi connectivity index (χ4v) is 2.08. The van der Waals surface area contributed by atoms with Crippen molar-refractivity contribution in [1.82, 2.24) is 0 Å². The van der Waals surface area contributed by atoms with Gasteiger partial charge in [-0.05, 0) is 36.1 Å². The van der Waals surface area contributed by atoms with Crippen LogP contribution in [-0.4, -0.2) is 5.78 Å². The third-order valence-corrected chi connectivity index (χ3v) is 3.13. The molecule has 0 aliphatic heterocycles. The minimum absolute atomic E-state index is 0.191. The first-order chi connectivity index (χ1) is 9.16. The molecule has 2 rings (SSSR count). The third kappa shape index (κ3) is 3.65. The Bertz CT molecular complexity index is 609. The van der Waals surface area contributed by atoms with E-state index in [1.807, 2.05) is 36.4 Å². The summed E-state index contributed by atoms with van der Waals surface area (Å²) in [6.45, 7) is 3.73. The second kappa shape index (κ2) is 6.14. The maximum Gasteiger partial charge on any atom is 0.134 e. The highest BCUT2D eigenvalue weighted by molar-refractivity contribution is 5.81. The van der Waals surface area contributed by atoms with E-state index in [-0.39, 0.29) is 5.78 Å². The normalized spacial score (nSPS) is 10.8. The van der Waals surface area contributed by atoms with Crippen molar-refractivity contribution < 1.29 is 4.79 Å². The van der Waals surface area contributed by atoms with Crippen LogP contribution in [0.5, 0.6) is 0 Å². The van der Waals surface area contributed by atoms with Crippen LogP contribution in [0.25, 0.3) is 12.2 Å². The molecule has 0 heterocycles. The van der Waals surface area contributed by atoms with Gasteiger partial charge in [0.1, 0.15) is 5.78 Å². The zero-order chi connectivity index (χ0) is 13.7. The Kier molecular flexibility index (Phi) is 4.30. The molecule has 0 spiro atoms. The van der Waals surface area contributed by atoms with Crippen molar-refractivity contribution in [3.05, 3.63) is 70.8 Å². The number of rotatable bonds is 4. The van der Waals surface area contributed by atoms with Crippen LogP contribution in [0, 0.1) is 6.92 Å². The number of benzene rings is 2. The molecule has 0 bridgehead atoms. The molecule has 0 aliphatic carbocycles. The number of carbonyl (C=O) groups excluding carboxylic acids is 1. The van der Waals surface area contributed by atoms with Gasteiger partial charge in [-0.25, -0.2) is 0 Å². The Morgan fingerprint density at radius 2 is 1.53 bits per heavy atom. The second-order valence-corrected chi connectivity index (χ2v) is 4.77. The van der Waals surface area contributed by atoms with Crippen molar-refractivity contribution in [2.45, 2.75) is 20.3 Å². The Labute approximate surface area is 114 Å². The van der Waals surface area contributed by atoms with Crippen molar-refractivity contribution >= 4 is 17.9 Å². The van der Waals surface area contributed by atoms with Gasteiger partial charge in [-0.2, -0.15) is 0 Å². The highest BCUT2D eigenvalue weighted by Crippen LogP contribution is 2.16. The molecule has 19 heavy (non-hydrogen) atoms. The highest BCUT2D eigenvalue weighted by atomic mass is 16.1. The van der Waals surface area contributed by atoms with E-state index in [1.54, 1.807) is 6.92 Å². The first-order valence-corrected chi connectivity index (χ1v) is 6.48. The van der Waals surface area contributed by atoms with Crippen LogP contribution in [0.2, 0.25) is 0 Å². The number of carbonyl (C=O) groups is 1. The lowest BCUT2D eigenvalue weighted by atomic mass is 10.0. The summed E-state index contributed by atoms with van der Waals surface area (Å²) in [4.78, 5) is 11.3. The zero-order valence-electron chi connectivity index (χ0n) is 11.4. The molecule has 0 amide bonds. The molecule has 2 aromatic carbocycles. The van der Waals surface area contributed by atoms with Gasteiger partial charge in [0.05, 0.1) is 0 Å². The SMILES string of the molecule is CC(=O)Cc1ccccc1/C=C\c1ccccc1C. The first-order valence-electron chi connectivity index (χ1n) is 6.48. The Balaban J connectivity index is 2.28. The third-order valence-electron chi connectivity index (χ3n) is 3.13. The van der Waals surface area contributed by atoms with E-state index in [4.69, 9.17) is 0 Å². The Hall–Kier alpha value is -2.15. The van der Waals surface area contributed by atoms with E-state index in [1.165, 1.54) is 11.1 Å². The first kappa shape index (κ1) is 13.3. The van der Waals surface area contributed by atoms with Crippen LogP contribution < -0.4 is 0 Å². The van der Waals surface area contributed by atoms with E-state index in [0.717, 1.165) is 11.1 Å². The quantitative estimate of drug-likeness (QED) is 0.739. The summed E-state index contributed by atoms with van der Waals surface area (Å²) in [5, 5.41) is 0. The van der Waals surface area contributed by atoms with Gasteiger partial charge in [0, 0.05) is 6.42 Å². The minimum Gasteiger partial charge on any atom is -0.300 e. The predicted octanol–water partition coefficient (Wildman–Crippen LogP) is 4.30. The van der Waals surface area contributed by atoms with Gasteiger partial charge in [-0.1, -0.05) is 60.7 Å². The number of ketones is 1. The van der Waals surface area contributed by atoms with E-state index >= 15 is 0 Å². The van der Waals surface area contributed by atoms with Crippen LogP contribution in [0.15, 0.2) is 48.5 Å². The average molecular weight is 250 g/mol. The maximum atomic E-state index is 11.3. The monoisotopic (exact) mass is 250 g/mol. The van der Waals surface area contributed by atoms with Crippen LogP contribution in [0.1, 0.15) is 29.2 Å². The smallest absolute Gasteiger partial charge is 0.134 e. The molecule has 0 saturated heterocycles. The average Bonchev–Trinajstić information content (AvgIpc) is 2.39. The molecule has 2 aromatic rings. The fraction of sp³-hybridized carbons (Fsp3) is 0.167. The molecular formula is C18H18O. The molecule has 1 heteroatoms. The van der Waals surface area contributed by atoms with E-state index in [2.05, 4.69) is 31.2 Å². The number of hydrogen-bond donors (Lipinski definition) is 0. The van der Waals surface area contributed by atoms with Gasteiger partial charge in [0.15, 0.2) is 0 Å². The summed E-state index contributed by atoms with van der Waals surface area (Å²) in [5.41, 5.74) is 4.66. The van der Waals surface area contributed by atoms with Crippen molar-refractivity contribution in [3.63, 3.8) is 0 Å². The molecule has 0 aliphatic rings. The number of hydrogen-bond acceptors (Lipinski definition) is 1. The minimum atomic E-state index is 0.191. The van der Waals surface area contributed by atoms with Gasteiger partial charge >= 0.3 is 0 Å². The predicted molar refractivity (Wildman–Crippen MR) is 80.9 cm³/mol. The molecule has 0 fully saturated rings. The van der Waals surface area contributed by atoms with Crippen molar-refractivity contribution in [2.24, 2.45) is 0 Å². The Morgan fingerprint density at radius 1 is 0.947 bits per heavy atom. The lowest BCUT2D eigenvalue weighted by Gasteiger charge is -2.04. The fourth-order valence-electron chi connectivity index (χ4n) is 2.08. The van der Waals surface area contributed by atoms with Gasteiger partial charge in [-0.3, -0.25) is 4.79 Å².